The molecule has 37 heavy (non-hydrogen) atoms. The van der Waals surface area contributed by atoms with E-state index in [2.05, 4.69) is 26.2 Å². The van der Waals surface area contributed by atoms with Crippen molar-refractivity contribution in [2.24, 2.45) is 0 Å². The van der Waals surface area contributed by atoms with Gasteiger partial charge in [-0.1, -0.05) is 45.4 Å². The number of para-hydroxylation sites is 2. The van der Waals surface area contributed by atoms with E-state index in [4.69, 9.17) is 8.83 Å². The van der Waals surface area contributed by atoms with Gasteiger partial charge in [-0.25, -0.2) is 14.3 Å². The molecule has 0 bridgehead atoms. The molecule has 0 radical (unpaired) electrons. The molecule has 3 heterocycles. The van der Waals surface area contributed by atoms with Crippen LogP contribution in [-0.2, 0) is 0 Å². The van der Waals surface area contributed by atoms with Gasteiger partial charge in [0.25, 0.3) is 0 Å². The molecule has 2 N–H and O–H groups in total. The second-order valence-electron chi connectivity index (χ2n) is 8.29. The smallest absolute Gasteiger partial charge is 0.344 e. The minimum Gasteiger partial charge on any atom is -0.507 e. The Morgan fingerprint density at radius 2 is 1.27 bits per heavy atom. The average Bonchev–Trinajstić information content (AvgIpc) is 3.38. The molecule has 0 unspecified atom stereocenters. The van der Waals surface area contributed by atoms with Crippen molar-refractivity contribution in [3.8, 4) is 17.2 Å². The van der Waals surface area contributed by atoms with Gasteiger partial charge >= 0.3 is 11.3 Å². The van der Waals surface area contributed by atoms with Gasteiger partial charge in [-0.05, 0) is 48.5 Å². The molecule has 0 spiro atoms. The first-order chi connectivity index (χ1) is 17.9. The molecule has 0 saturated heterocycles. The summed E-state index contributed by atoms with van der Waals surface area (Å²) in [6.07, 6.45) is 1.51. The number of hydrogen-bond donors (Lipinski definition) is 2. The van der Waals surface area contributed by atoms with Gasteiger partial charge in [0, 0.05) is 4.47 Å². The number of fused-ring (bicyclic) bond motifs is 2. The lowest BCUT2D eigenvalue weighted by Crippen LogP contribution is -2.21. The van der Waals surface area contributed by atoms with E-state index in [1.165, 1.54) is 10.9 Å². The van der Waals surface area contributed by atoms with Gasteiger partial charge < -0.3 is 19.0 Å². The Kier molecular flexibility index (Phi) is 5.38. The first-order valence-corrected chi connectivity index (χ1v) is 11.9. The SMILES string of the molecule is O=c1oc2ccccc2c(O)c1C(c1cn(-c2ccc(Br)cc2)nn1)c1c(O)c2ccccc2oc1=O. The summed E-state index contributed by atoms with van der Waals surface area (Å²) in [5, 5.41) is 31.4. The maximum atomic E-state index is 13.2. The predicted molar refractivity (Wildman–Crippen MR) is 138 cm³/mol. The zero-order chi connectivity index (χ0) is 25.7. The Hall–Kier alpha value is -4.70. The molecule has 0 aliphatic rings. The molecule has 3 aromatic heterocycles. The topological polar surface area (TPSA) is 132 Å². The molecule has 3 aromatic carbocycles. The maximum absolute atomic E-state index is 13.2. The summed E-state index contributed by atoms with van der Waals surface area (Å²) < 4.78 is 13.3. The predicted octanol–water partition coefficient (Wildman–Crippen LogP) is 4.83. The van der Waals surface area contributed by atoms with Crippen LogP contribution in [0.4, 0.5) is 0 Å². The Labute approximate surface area is 216 Å². The van der Waals surface area contributed by atoms with E-state index in [0.29, 0.717) is 5.69 Å². The van der Waals surface area contributed by atoms with Gasteiger partial charge in [-0.3, -0.25) is 0 Å². The van der Waals surface area contributed by atoms with E-state index in [1.807, 2.05) is 12.1 Å². The molecule has 182 valence electrons. The monoisotopic (exact) mass is 557 g/mol. The summed E-state index contributed by atoms with van der Waals surface area (Å²) in [5.41, 5.74) is -1.25. The van der Waals surface area contributed by atoms with Crippen LogP contribution in [-0.4, -0.2) is 25.2 Å². The Balaban J connectivity index is 1.66. The van der Waals surface area contributed by atoms with Gasteiger partial charge in [0.15, 0.2) is 0 Å². The molecule has 0 aliphatic carbocycles. The van der Waals surface area contributed by atoms with Crippen molar-refractivity contribution in [2.75, 3.05) is 0 Å². The summed E-state index contributed by atoms with van der Waals surface area (Å²) in [5.74, 6) is -2.16. The summed E-state index contributed by atoms with van der Waals surface area (Å²) in [6.45, 7) is 0. The summed E-state index contributed by atoms with van der Waals surface area (Å²) in [6, 6.07) is 20.1. The first kappa shape index (κ1) is 22.7. The number of hydrogen-bond acceptors (Lipinski definition) is 8. The second-order valence-corrected chi connectivity index (χ2v) is 9.21. The Morgan fingerprint density at radius 3 is 1.81 bits per heavy atom. The van der Waals surface area contributed by atoms with Gasteiger partial charge in [-0.2, -0.15) is 0 Å². The van der Waals surface area contributed by atoms with Crippen molar-refractivity contribution in [1.82, 2.24) is 15.0 Å². The van der Waals surface area contributed by atoms with Crippen molar-refractivity contribution in [2.45, 2.75) is 5.92 Å². The van der Waals surface area contributed by atoms with Gasteiger partial charge in [0.2, 0.25) is 0 Å². The van der Waals surface area contributed by atoms with Crippen molar-refractivity contribution in [3.63, 3.8) is 0 Å². The lowest BCUT2D eigenvalue weighted by molar-refractivity contribution is 0.440. The van der Waals surface area contributed by atoms with Crippen molar-refractivity contribution in [3.05, 3.63) is 121 Å². The van der Waals surface area contributed by atoms with Crippen LogP contribution in [0.3, 0.4) is 0 Å². The van der Waals surface area contributed by atoms with E-state index < -0.39 is 28.7 Å². The number of aromatic hydroxyl groups is 2. The van der Waals surface area contributed by atoms with Crippen LogP contribution in [0.5, 0.6) is 11.5 Å². The number of rotatable bonds is 4. The van der Waals surface area contributed by atoms with Gasteiger partial charge in [0.05, 0.1) is 45.4 Å². The van der Waals surface area contributed by atoms with Crippen LogP contribution in [0.1, 0.15) is 22.7 Å². The molecule has 0 saturated carbocycles. The Morgan fingerprint density at radius 1 is 0.757 bits per heavy atom. The summed E-state index contributed by atoms with van der Waals surface area (Å²) in [4.78, 5) is 26.5. The molecular formula is C27H16BrN3O6. The molecule has 6 rings (SSSR count). The lowest BCUT2D eigenvalue weighted by Gasteiger charge is -2.17. The highest BCUT2D eigenvalue weighted by molar-refractivity contribution is 9.10. The molecule has 0 fully saturated rings. The lowest BCUT2D eigenvalue weighted by atomic mass is 9.88. The Bertz CT molecular complexity index is 1820. The number of aromatic nitrogens is 3. The fourth-order valence-corrected chi connectivity index (χ4v) is 4.64. The third kappa shape index (κ3) is 3.78. The van der Waals surface area contributed by atoms with Crippen LogP contribution >= 0.6 is 15.9 Å². The molecule has 10 heteroatoms. The third-order valence-electron chi connectivity index (χ3n) is 6.12. The van der Waals surface area contributed by atoms with E-state index in [0.717, 1.165) is 4.47 Å². The number of nitrogens with zero attached hydrogens (tertiary/aromatic N) is 3. The molecule has 9 nitrogen and oxygen atoms in total. The molecule has 0 amide bonds. The summed E-state index contributed by atoms with van der Waals surface area (Å²) in [7, 11) is 0. The highest BCUT2D eigenvalue weighted by Gasteiger charge is 2.34. The van der Waals surface area contributed by atoms with Crippen molar-refractivity contribution in [1.29, 1.82) is 0 Å². The van der Waals surface area contributed by atoms with E-state index >= 15 is 0 Å². The van der Waals surface area contributed by atoms with Crippen LogP contribution in [0.2, 0.25) is 0 Å². The van der Waals surface area contributed by atoms with Crippen LogP contribution in [0.25, 0.3) is 27.6 Å². The minimum atomic E-state index is -1.36. The molecule has 0 atom stereocenters. The molecular weight excluding hydrogens is 542 g/mol. The largest absolute Gasteiger partial charge is 0.507 e. The molecule has 0 aliphatic heterocycles. The van der Waals surface area contributed by atoms with Crippen LogP contribution in [0, 0.1) is 0 Å². The van der Waals surface area contributed by atoms with Crippen LogP contribution in [0.15, 0.2) is 102 Å². The zero-order valence-corrected chi connectivity index (χ0v) is 20.4. The zero-order valence-electron chi connectivity index (χ0n) is 18.8. The van der Waals surface area contributed by atoms with Crippen molar-refractivity contribution < 1.29 is 19.0 Å². The van der Waals surface area contributed by atoms with E-state index in [9.17, 15) is 19.8 Å². The third-order valence-corrected chi connectivity index (χ3v) is 6.64. The average molecular weight is 558 g/mol. The van der Waals surface area contributed by atoms with Crippen LogP contribution < -0.4 is 11.3 Å². The fourth-order valence-electron chi connectivity index (χ4n) is 4.37. The van der Waals surface area contributed by atoms with E-state index in [1.54, 1.807) is 60.7 Å². The van der Waals surface area contributed by atoms with Gasteiger partial charge in [0.1, 0.15) is 22.7 Å². The highest BCUT2D eigenvalue weighted by atomic mass is 79.9. The standard InChI is InChI=1S/C27H16BrN3O6/c28-14-9-11-15(12-10-14)31-13-18(29-30-31)21(22-24(32)16-5-1-3-7-19(16)36-26(22)34)23-25(33)17-6-2-4-8-20(17)37-27(23)35/h1-13,21,32-33H. The second kappa shape index (κ2) is 8.75. The summed E-state index contributed by atoms with van der Waals surface area (Å²) >= 11 is 3.39. The fraction of sp³-hybridized carbons (Fsp3) is 0.0370. The number of benzene rings is 3. The normalized spacial score (nSPS) is 11.5. The quantitative estimate of drug-likeness (QED) is 0.294. The first-order valence-electron chi connectivity index (χ1n) is 11.1. The maximum Gasteiger partial charge on any atom is 0.344 e. The minimum absolute atomic E-state index is 0.110. The highest BCUT2D eigenvalue weighted by Crippen LogP contribution is 2.41. The molecule has 6 aromatic rings. The number of halogens is 1. The van der Waals surface area contributed by atoms with Crippen molar-refractivity contribution >= 4 is 37.9 Å². The van der Waals surface area contributed by atoms with E-state index in [-0.39, 0.29) is 38.8 Å². The van der Waals surface area contributed by atoms with Gasteiger partial charge in [-0.15, -0.1) is 5.10 Å².